The Labute approximate surface area is 119 Å². The van der Waals surface area contributed by atoms with E-state index in [0.29, 0.717) is 5.41 Å². The highest BCUT2D eigenvalue weighted by Crippen LogP contribution is 2.43. The standard InChI is InChI=1S/C15H23N5/c1-11(2)7-15(5-3-4-6-15)8-16-13-12-14(18-9-17-12)20-10-19-13/h9-11H,3-8H2,1-2H3,(H2,16,17,18,19,20). The van der Waals surface area contributed by atoms with Gasteiger partial charge in [-0.05, 0) is 30.6 Å². The van der Waals surface area contributed by atoms with Gasteiger partial charge in [-0.3, -0.25) is 0 Å². The van der Waals surface area contributed by atoms with Gasteiger partial charge in [-0.15, -0.1) is 0 Å². The molecular weight excluding hydrogens is 250 g/mol. The van der Waals surface area contributed by atoms with E-state index in [-0.39, 0.29) is 0 Å². The highest BCUT2D eigenvalue weighted by Gasteiger charge is 2.34. The van der Waals surface area contributed by atoms with Crippen molar-refractivity contribution >= 4 is 17.0 Å². The first kappa shape index (κ1) is 13.3. The lowest BCUT2D eigenvalue weighted by Gasteiger charge is -2.31. The zero-order valence-electron chi connectivity index (χ0n) is 12.3. The Hall–Kier alpha value is -1.65. The number of aromatic nitrogens is 4. The summed E-state index contributed by atoms with van der Waals surface area (Å²) in [6.45, 7) is 5.63. The highest BCUT2D eigenvalue weighted by atomic mass is 15.1. The molecule has 1 aliphatic rings. The predicted octanol–water partition coefficient (Wildman–Crippen LogP) is 3.37. The quantitative estimate of drug-likeness (QED) is 0.876. The fraction of sp³-hybridized carbons (Fsp3) is 0.667. The van der Waals surface area contributed by atoms with Crippen LogP contribution in [0.3, 0.4) is 0 Å². The Morgan fingerprint density at radius 3 is 2.80 bits per heavy atom. The summed E-state index contributed by atoms with van der Waals surface area (Å²) in [5.41, 5.74) is 2.07. The Bertz CT molecular complexity index is 568. The van der Waals surface area contributed by atoms with Gasteiger partial charge in [0.2, 0.25) is 0 Å². The number of fused-ring (bicyclic) bond motifs is 1. The van der Waals surface area contributed by atoms with Crippen LogP contribution in [-0.4, -0.2) is 26.5 Å². The van der Waals surface area contributed by atoms with E-state index < -0.39 is 0 Å². The van der Waals surface area contributed by atoms with Gasteiger partial charge >= 0.3 is 0 Å². The normalized spacial score (nSPS) is 17.9. The zero-order chi connectivity index (χ0) is 14.0. The molecule has 0 radical (unpaired) electrons. The molecule has 1 fully saturated rings. The molecule has 2 heterocycles. The number of hydrogen-bond acceptors (Lipinski definition) is 4. The van der Waals surface area contributed by atoms with Crippen molar-refractivity contribution in [3.8, 4) is 0 Å². The molecule has 0 bridgehead atoms. The second kappa shape index (κ2) is 5.38. The summed E-state index contributed by atoms with van der Waals surface area (Å²) in [6.07, 6.45) is 9.91. The summed E-state index contributed by atoms with van der Waals surface area (Å²) in [5.74, 6) is 1.62. The van der Waals surface area contributed by atoms with Gasteiger partial charge in [-0.25, -0.2) is 15.0 Å². The third-order valence-corrected chi connectivity index (χ3v) is 4.36. The molecule has 0 saturated heterocycles. The third kappa shape index (κ3) is 2.62. The van der Waals surface area contributed by atoms with Crippen LogP contribution >= 0.6 is 0 Å². The van der Waals surface area contributed by atoms with Gasteiger partial charge in [0.15, 0.2) is 11.5 Å². The Morgan fingerprint density at radius 2 is 2.05 bits per heavy atom. The molecule has 2 aromatic rings. The molecule has 108 valence electrons. The Balaban J connectivity index is 1.75. The lowest BCUT2D eigenvalue weighted by atomic mass is 9.78. The first-order valence-corrected chi connectivity index (χ1v) is 7.56. The fourth-order valence-electron chi connectivity index (χ4n) is 3.61. The number of imidazole rings is 1. The van der Waals surface area contributed by atoms with Gasteiger partial charge in [0.1, 0.15) is 11.8 Å². The van der Waals surface area contributed by atoms with Gasteiger partial charge in [-0.2, -0.15) is 0 Å². The van der Waals surface area contributed by atoms with E-state index in [4.69, 9.17) is 0 Å². The number of aromatic amines is 1. The number of nitrogens with zero attached hydrogens (tertiary/aromatic N) is 3. The fourth-order valence-corrected chi connectivity index (χ4v) is 3.61. The van der Waals surface area contributed by atoms with Crippen LogP contribution in [0.1, 0.15) is 46.0 Å². The second-order valence-electron chi connectivity index (χ2n) is 6.48. The largest absolute Gasteiger partial charge is 0.368 e. The van der Waals surface area contributed by atoms with Crippen LogP contribution in [0, 0.1) is 11.3 Å². The van der Waals surface area contributed by atoms with Crippen LogP contribution in [0.15, 0.2) is 12.7 Å². The van der Waals surface area contributed by atoms with E-state index in [1.54, 1.807) is 12.7 Å². The van der Waals surface area contributed by atoms with Gasteiger partial charge in [0.05, 0.1) is 6.33 Å². The molecule has 0 spiro atoms. The maximum absolute atomic E-state index is 4.36. The lowest BCUT2D eigenvalue weighted by Crippen LogP contribution is -2.28. The number of anilines is 1. The minimum absolute atomic E-state index is 0.436. The molecule has 3 rings (SSSR count). The molecule has 5 nitrogen and oxygen atoms in total. The van der Waals surface area contributed by atoms with Gasteiger partial charge in [0, 0.05) is 6.54 Å². The minimum atomic E-state index is 0.436. The summed E-state index contributed by atoms with van der Waals surface area (Å²) < 4.78 is 0. The van der Waals surface area contributed by atoms with Crippen LogP contribution < -0.4 is 5.32 Å². The SMILES string of the molecule is CC(C)CC1(CNc2ncnc3nc[nH]c23)CCCC1. The summed E-state index contributed by atoms with van der Waals surface area (Å²) in [7, 11) is 0. The smallest absolute Gasteiger partial charge is 0.182 e. The number of rotatable bonds is 5. The maximum Gasteiger partial charge on any atom is 0.182 e. The van der Waals surface area contributed by atoms with Crippen molar-refractivity contribution in [2.24, 2.45) is 11.3 Å². The molecule has 0 aromatic carbocycles. The van der Waals surface area contributed by atoms with Crippen molar-refractivity contribution in [1.82, 2.24) is 19.9 Å². The van der Waals surface area contributed by atoms with Crippen molar-refractivity contribution in [2.75, 3.05) is 11.9 Å². The summed E-state index contributed by atoms with van der Waals surface area (Å²) in [4.78, 5) is 15.8. The van der Waals surface area contributed by atoms with E-state index in [2.05, 4.69) is 39.1 Å². The van der Waals surface area contributed by atoms with Crippen molar-refractivity contribution in [3.05, 3.63) is 12.7 Å². The van der Waals surface area contributed by atoms with Crippen LogP contribution in [-0.2, 0) is 0 Å². The van der Waals surface area contributed by atoms with E-state index in [0.717, 1.165) is 29.4 Å². The predicted molar refractivity (Wildman–Crippen MR) is 80.5 cm³/mol. The molecule has 5 heteroatoms. The van der Waals surface area contributed by atoms with Crippen molar-refractivity contribution in [2.45, 2.75) is 46.0 Å². The zero-order valence-corrected chi connectivity index (χ0v) is 12.3. The molecule has 2 aromatic heterocycles. The molecule has 0 amide bonds. The van der Waals surface area contributed by atoms with Crippen LogP contribution in [0.2, 0.25) is 0 Å². The molecule has 1 aliphatic carbocycles. The van der Waals surface area contributed by atoms with E-state index in [9.17, 15) is 0 Å². The minimum Gasteiger partial charge on any atom is -0.368 e. The van der Waals surface area contributed by atoms with E-state index >= 15 is 0 Å². The first-order chi connectivity index (χ1) is 9.69. The van der Waals surface area contributed by atoms with Crippen LogP contribution in [0.4, 0.5) is 5.82 Å². The second-order valence-corrected chi connectivity index (χ2v) is 6.48. The molecule has 20 heavy (non-hydrogen) atoms. The number of H-pyrrole nitrogens is 1. The van der Waals surface area contributed by atoms with Crippen LogP contribution in [0.25, 0.3) is 11.2 Å². The Morgan fingerprint density at radius 1 is 1.25 bits per heavy atom. The van der Waals surface area contributed by atoms with E-state index in [1.165, 1.54) is 32.1 Å². The van der Waals surface area contributed by atoms with Crippen molar-refractivity contribution in [1.29, 1.82) is 0 Å². The molecule has 0 aliphatic heterocycles. The maximum atomic E-state index is 4.36. The van der Waals surface area contributed by atoms with Crippen molar-refractivity contribution in [3.63, 3.8) is 0 Å². The number of hydrogen-bond donors (Lipinski definition) is 2. The van der Waals surface area contributed by atoms with Gasteiger partial charge in [-0.1, -0.05) is 26.7 Å². The monoisotopic (exact) mass is 273 g/mol. The Kier molecular flexibility index (Phi) is 3.59. The summed E-state index contributed by atoms with van der Waals surface area (Å²) >= 11 is 0. The average Bonchev–Trinajstić information content (AvgIpc) is 3.05. The molecule has 0 atom stereocenters. The summed E-state index contributed by atoms with van der Waals surface area (Å²) in [6, 6.07) is 0. The van der Waals surface area contributed by atoms with Crippen molar-refractivity contribution < 1.29 is 0 Å². The first-order valence-electron chi connectivity index (χ1n) is 7.56. The lowest BCUT2D eigenvalue weighted by molar-refractivity contribution is 0.252. The van der Waals surface area contributed by atoms with Gasteiger partial charge < -0.3 is 10.3 Å². The highest BCUT2D eigenvalue weighted by molar-refractivity contribution is 5.81. The summed E-state index contributed by atoms with van der Waals surface area (Å²) in [5, 5.41) is 3.54. The van der Waals surface area contributed by atoms with Crippen LogP contribution in [0.5, 0.6) is 0 Å². The third-order valence-electron chi connectivity index (χ3n) is 4.36. The molecular formula is C15H23N5. The van der Waals surface area contributed by atoms with E-state index in [1.807, 2.05) is 0 Å². The number of nitrogens with one attached hydrogen (secondary N) is 2. The average molecular weight is 273 g/mol. The molecule has 1 saturated carbocycles. The molecule has 2 N–H and O–H groups in total. The molecule has 0 unspecified atom stereocenters. The van der Waals surface area contributed by atoms with Gasteiger partial charge in [0.25, 0.3) is 0 Å². The topological polar surface area (TPSA) is 66.5 Å².